The van der Waals surface area contributed by atoms with E-state index in [1.165, 1.54) is 5.30 Å². The van der Waals surface area contributed by atoms with Crippen LogP contribution >= 0.6 is 9.24 Å². The predicted molar refractivity (Wildman–Crippen MR) is 131 cm³/mol. The van der Waals surface area contributed by atoms with Gasteiger partial charge in [-0.25, -0.2) is 4.79 Å². The van der Waals surface area contributed by atoms with Gasteiger partial charge in [0.25, 0.3) is 0 Å². The number of aliphatic hydroxyl groups excluding tert-OH is 1. The van der Waals surface area contributed by atoms with Crippen LogP contribution in [0.3, 0.4) is 0 Å². The van der Waals surface area contributed by atoms with Crippen LogP contribution in [0.2, 0.25) is 0 Å². The smallest absolute Gasteiger partial charge is 0.410 e. The van der Waals surface area contributed by atoms with Crippen LogP contribution in [0.15, 0.2) is 60.7 Å². The molecule has 1 amide bonds. The molecule has 0 heterocycles. The highest BCUT2D eigenvalue weighted by Crippen LogP contribution is 2.12. The second-order valence-corrected chi connectivity index (χ2v) is 8.35. The highest BCUT2D eigenvalue weighted by Gasteiger charge is 2.23. The summed E-state index contributed by atoms with van der Waals surface area (Å²) in [6, 6.07) is 19.9. The van der Waals surface area contributed by atoms with Crippen LogP contribution in [-0.4, -0.2) is 40.9 Å². The van der Waals surface area contributed by atoms with E-state index >= 15 is 0 Å². The van der Waals surface area contributed by atoms with Gasteiger partial charge in [-0.05, 0) is 38.1 Å². The number of hydrogen-bond donors (Lipinski definition) is 1. The van der Waals surface area contributed by atoms with Gasteiger partial charge in [0, 0.05) is 13.0 Å². The summed E-state index contributed by atoms with van der Waals surface area (Å²) < 4.78 is 5.38. The highest BCUT2D eigenvalue weighted by atomic mass is 31.0. The second-order valence-electron chi connectivity index (χ2n) is 7.68. The molecule has 2 aromatic carbocycles. The maximum Gasteiger partial charge on any atom is 0.410 e. The lowest BCUT2D eigenvalue weighted by Gasteiger charge is -2.28. The molecule has 2 rings (SSSR count). The molecule has 1 N–H and O–H groups in total. The molecule has 0 saturated heterocycles. The fraction of sp³-hybridized carbons (Fsp3) is 0.480. The van der Waals surface area contributed by atoms with Gasteiger partial charge in [0.1, 0.15) is 5.60 Å². The minimum Gasteiger partial charge on any atom is -0.444 e. The number of ether oxygens (including phenoxy) is 1. The molecule has 4 nitrogen and oxygen atoms in total. The van der Waals surface area contributed by atoms with Crippen molar-refractivity contribution in [1.29, 1.82) is 0 Å². The molecule has 2 atom stereocenters. The number of hydrogen-bond acceptors (Lipinski definition) is 3. The minimum absolute atomic E-state index is 0.289. The van der Waals surface area contributed by atoms with Crippen LogP contribution in [0, 0.1) is 0 Å². The Bertz CT molecular complexity index is 672. The van der Waals surface area contributed by atoms with E-state index in [1.807, 2.05) is 102 Å². The first-order valence-electron chi connectivity index (χ1n) is 10.7. The van der Waals surface area contributed by atoms with Crippen molar-refractivity contribution in [1.82, 2.24) is 4.90 Å². The summed E-state index contributed by atoms with van der Waals surface area (Å²) in [5.41, 5.74) is 0.540. The first-order valence-corrected chi connectivity index (χ1v) is 11.3. The Balaban J connectivity index is 0.000000775. The zero-order valence-corrected chi connectivity index (χ0v) is 20.6. The van der Waals surface area contributed by atoms with Crippen LogP contribution < -0.4 is 5.30 Å². The Labute approximate surface area is 185 Å². The molecule has 0 aliphatic rings. The fourth-order valence-electron chi connectivity index (χ4n) is 2.51. The summed E-state index contributed by atoms with van der Waals surface area (Å²) in [7, 11) is 2.63. The number of carbonyl (C=O) groups excluding carboxylic acids is 1. The maximum atomic E-state index is 12.1. The van der Waals surface area contributed by atoms with Gasteiger partial charge in [-0.2, -0.15) is 0 Å². The lowest BCUT2D eigenvalue weighted by atomic mass is 10.1. The van der Waals surface area contributed by atoms with Crippen molar-refractivity contribution in [2.75, 3.05) is 13.1 Å². The zero-order chi connectivity index (χ0) is 23.0. The molecule has 0 saturated carbocycles. The Hall–Kier alpha value is -1.90. The Kier molecular flexibility index (Phi) is 14.9. The van der Waals surface area contributed by atoms with E-state index < -0.39 is 11.7 Å². The van der Waals surface area contributed by atoms with Crippen LogP contribution in [0.4, 0.5) is 4.79 Å². The van der Waals surface area contributed by atoms with E-state index in [9.17, 15) is 9.90 Å². The van der Waals surface area contributed by atoms with Crippen LogP contribution in [0.25, 0.3) is 0 Å². The van der Waals surface area contributed by atoms with E-state index in [4.69, 9.17) is 4.74 Å². The minimum atomic E-state index is -0.591. The average molecular weight is 434 g/mol. The van der Waals surface area contributed by atoms with Gasteiger partial charge in [-0.15, -0.1) is 9.24 Å². The van der Waals surface area contributed by atoms with E-state index in [-0.39, 0.29) is 12.6 Å². The number of benzene rings is 2. The number of rotatable bonds is 6. The quantitative estimate of drug-likeness (QED) is 0.616. The molecule has 0 fully saturated rings. The summed E-state index contributed by atoms with van der Waals surface area (Å²) in [5, 5.41) is 11.4. The van der Waals surface area contributed by atoms with Gasteiger partial charge in [-0.1, -0.05) is 81.4 Å². The van der Waals surface area contributed by atoms with Crippen molar-refractivity contribution in [3.8, 4) is 0 Å². The van der Waals surface area contributed by atoms with Gasteiger partial charge in [0.2, 0.25) is 0 Å². The van der Waals surface area contributed by atoms with Crippen LogP contribution in [-0.2, 0) is 11.2 Å². The first-order chi connectivity index (χ1) is 14.2. The standard InChI is InChI=1S/C17H27NO3.C6H7P.C2H6/c1-5-11-18(16(20)21-17(2,3)4)13-15(19)12-14-9-7-6-8-10-14;7-6-4-2-1-3-5-6;1-2/h6-10,15,19H,5,11-13H2,1-4H3;1-5H,7H2;1-2H3. The third-order valence-electron chi connectivity index (χ3n) is 3.69. The van der Waals surface area contributed by atoms with Gasteiger partial charge < -0.3 is 14.7 Å². The SMILES string of the molecule is CC.CCCN(CC(O)Cc1ccccc1)C(=O)OC(C)(C)C.Pc1ccccc1. The van der Waals surface area contributed by atoms with Crippen molar-refractivity contribution in [2.45, 2.75) is 66.1 Å². The number of nitrogens with zero attached hydrogens (tertiary/aromatic N) is 1. The third kappa shape index (κ3) is 14.1. The lowest BCUT2D eigenvalue weighted by Crippen LogP contribution is -2.42. The molecule has 2 aromatic rings. The normalized spacial score (nSPS) is 11.2. The summed E-state index contributed by atoms with van der Waals surface area (Å²) in [4.78, 5) is 13.7. The Morgan fingerprint density at radius 2 is 1.53 bits per heavy atom. The monoisotopic (exact) mass is 433 g/mol. The molecule has 2 unspecified atom stereocenters. The number of amides is 1. The molecule has 0 aromatic heterocycles. The zero-order valence-electron chi connectivity index (χ0n) is 19.5. The van der Waals surface area contributed by atoms with Crippen LogP contribution in [0.1, 0.15) is 53.5 Å². The molecule has 0 bridgehead atoms. The van der Waals surface area contributed by atoms with E-state index in [2.05, 4.69) is 9.24 Å². The van der Waals surface area contributed by atoms with Crippen molar-refractivity contribution in [2.24, 2.45) is 0 Å². The number of aliphatic hydroxyl groups is 1. The topological polar surface area (TPSA) is 49.8 Å². The Morgan fingerprint density at radius 3 is 1.93 bits per heavy atom. The van der Waals surface area contributed by atoms with Crippen molar-refractivity contribution < 1.29 is 14.6 Å². The van der Waals surface area contributed by atoms with Gasteiger partial charge in [0.05, 0.1) is 12.6 Å². The molecular weight excluding hydrogens is 393 g/mol. The maximum absolute atomic E-state index is 12.1. The average Bonchev–Trinajstić information content (AvgIpc) is 2.70. The molecule has 0 spiro atoms. The fourth-order valence-corrected chi connectivity index (χ4v) is 2.73. The Morgan fingerprint density at radius 1 is 1.03 bits per heavy atom. The molecule has 30 heavy (non-hydrogen) atoms. The predicted octanol–water partition coefficient (Wildman–Crippen LogP) is 5.45. The van der Waals surface area contributed by atoms with E-state index in [1.54, 1.807) is 4.90 Å². The summed E-state index contributed by atoms with van der Waals surface area (Å²) >= 11 is 0. The van der Waals surface area contributed by atoms with Crippen molar-refractivity contribution in [3.63, 3.8) is 0 Å². The highest BCUT2D eigenvalue weighted by molar-refractivity contribution is 7.27. The summed E-state index contributed by atoms with van der Waals surface area (Å²) in [5.74, 6) is 0. The van der Waals surface area contributed by atoms with Crippen molar-refractivity contribution >= 4 is 20.6 Å². The molecule has 0 radical (unpaired) electrons. The molecule has 5 heteroatoms. The van der Waals surface area contributed by atoms with Crippen LogP contribution in [0.5, 0.6) is 0 Å². The van der Waals surface area contributed by atoms with E-state index in [0.29, 0.717) is 13.0 Å². The van der Waals surface area contributed by atoms with Crippen molar-refractivity contribution in [3.05, 3.63) is 66.2 Å². The third-order valence-corrected chi connectivity index (χ3v) is 4.07. The largest absolute Gasteiger partial charge is 0.444 e. The molecule has 0 aliphatic carbocycles. The summed E-state index contributed by atoms with van der Waals surface area (Å²) in [6.07, 6.45) is 0.407. The van der Waals surface area contributed by atoms with Gasteiger partial charge in [0.15, 0.2) is 0 Å². The first kappa shape index (κ1) is 28.1. The van der Waals surface area contributed by atoms with E-state index in [0.717, 1.165) is 12.0 Å². The molecule has 0 aliphatic heterocycles. The second kappa shape index (κ2) is 15.9. The lowest BCUT2D eigenvalue weighted by molar-refractivity contribution is 0.0147. The van der Waals surface area contributed by atoms with Gasteiger partial charge in [-0.3, -0.25) is 0 Å². The summed E-state index contributed by atoms with van der Waals surface area (Å²) in [6.45, 7) is 12.4. The van der Waals surface area contributed by atoms with Gasteiger partial charge >= 0.3 is 6.09 Å². The molecular formula is C25H40NO3P. The number of carbonyl (C=O) groups is 1. The molecule has 168 valence electrons.